The molecule has 3 rings (SSSR count). The molecule has 1 aromatic rings. The first-order valence-corrected chi connectivity index (χ1v) is 7.62. The SMILES string of the molecule is Oc1cccc(NC2CCCCC2C2CCCN2)c1. The summed E-state index contributed by atoms with van der Waals surface area (Å²) < 4.78 is 0. The van der Waals surface area contributed by atoms with Gasteiger partial charge in [0.2, 0.25) is 0 Å². The maximum atomic E-state index is 9.57. The summed E-state index contributed by atoms with van der Waals surface area (Å²) in [6.45, 7) is 1.18. The van der Waals surface area contributed by atoms with Gasteiger partial charge < -0.3 is 15.7 Å². The van der Waals surface area contributed by atoms with Gasteiger partial charge in [0.15, 0.2) is 0 Å². The zero-order valence-electron chi connectivity index (χ0n) is 11.4. The number of hydrogen-bond donors (Lipinski definition) is 3. The van der Waals surface area contributed by atoms with Crippen LogP contribution in [0.4, 0.5) is 5.69 Å². The van der Waals surface area contributed by atoms with Gasteiger partial charge in [-0.3, -0.25) is 0 Å². The van der Waals surface area contributed by atoms with Crippen LogP contribution in [0.5, 0.6) is 5.75 Å². The van der Waals surface area contributed by atoms with Gasteiger partial charge in [0, 0.05) is 23.8 Å². The van der Waals surface area contributed by atoms with Crippen LogP contribution in [0.2, 0.25) is 0 Å². The first-order valence-electron chi connectivity index (χ1n) is 7.62. The Labute approximate surface area is 115 Å². The Hall–Kier alpha value is -1.22. The van der Waals surface area contributed by atoms with Crippen molar-refractivity contribution in [1.82, 2.24) is 5.32 Å². The van der Waals surface area contributed by atoms with Crippen molar-refractivity contribution < 1.29 is 5.11 Å². The van der Waals surface area contributed by atoms with E-state index in [1.54, 1.807) is 6.07 Å². The van der Waals surface area contributed by atoms with Crippen molar-refractivity contribution in [2.75, 3.05) is 11.9 Å². The largest absolute Gasteiger partial charge is 0.508 e. The number of aromatic hydroxyl groups is 1. The smallest absolute Gasteiger partial charge is 0.117 e. The second-order valence-electron chi connectivity index (χ2n) is 5.95. The van der Waals surface area contributed by atoms with Gasteiger partial charge in [-0.05, 0) is 50.3 Å². The van der Waals surface area contributed by atoms with Crippen LogP contribution in [-0.4, -0.2) is 23.7 Å². The summed E-state index contributed by atoms with van der Waals surface area (Å²) >= 11 is 0. The van der Waals surface area contributed by atoms with Gasteiger partial charge in [-0.1, -0.05) is 18.9 Å². The molecular weight excluding hydrogens is 236 g/mol. The molecule has 1 aliphatic heterocycles. The molecule has 1 saturated carbocycles. The van der Waals surface area contributed by atoms with Gasteiger partial charge >= 0.3 is 0 Å². The van der Waals surface area contributed by atoms with Crippen molar-refractivity contribution in [1.29, 1.82) is 0 Å². The van der Waals surface area contributed by atoms with Crippen molar-refractivity contribution in [3.63, 3.8) is 0 Å². The average molecular weight is 260 g/mol. The highest BCUT2D eigenvalue weighted by Gasteiger charge is 2.33. The molecule has 19 heavy (non-hydrogen) atoms. The normalized spacial score (nSPS) is 31.3. The summed E-state index contributed by atoms with van der Waals surface area (Å²) in [4.78, 5) is 0. The Morgan fingerprint density at radius 3 is 2.79 bits per heavy atom. The summed E-state index contributed by atoms with van der Waals surface area (Å²) in [5, 5.41) is 16.9. The molecule has 3 N–H and O–H groups in total. The van der Waals surface area contributed by atoms with Crippen molar-refractivity contribution in [3.05, 3.63) is 24.3 Å². The van der Waals surface area contributed by atoms with Crippen LogP contribution in [0.3, 0.4) is 0 Å². The van der Waals surface area contributed by atoms with Crippen molar-refractivity contribution in [3.8, 4) is 5.75 Å². The number of hydrogen-bond acceptors (Lipinski definition) is 3. The van der Waals surface area contributed by atoms with E-state index in [-0.39, 0.29) is 0 Å². The van der Waals surface area contributed by atoms with Gasteiger partial charge in [-0.2, -0.15) is 0 Å². The fourth-order valence-corrected chi connectivity index (χ4v) is 3.71. The molecule has 2 aliphatic rings. The maximum Gasteiger partial charge on any atom is 0.117 e. The van der Waals surface area contributed by atoms with E-state index < -0.39 is 0 Å². The molecule has 1 saturated heterocycles. The van der Waals surface area contributed by atoms with Gasteiger partial charge in [0.1, 0.15) is 5.75 Å². The Bertz CT molecular complexity index is 415. The van der Waals surface area contributed by atoms with E-state index in [4.69, 9.17) is 0 Å². The molecule has 0 aromatic heterocycles. The third-order valence-electron chi connectivity index (χ3n) is 4.63. The van der Waals surface area contributed by atoms with Crippen LogP contribution >= 0.6 is 0 Å². The number of rotatable bonds is 3. The highest BCUT2D eigenvalue weighted by atomic mass is 16.3. The van der Waals surface area contributed by atoms with Gasteiger partial charge in [-0.25, -0.2) is 0 Å². The van der Waals surface area contributed by atoms with E-state index >= 15 is 0 Å². The fraction of sp³-hybridized carbons (Fsp3) is 0.625. The second kappa shape index (κ2) is 5.83. The van der Waals surface area contributed by atoms with Crippen molar-refractivity contribution >= 4 is 5.69 Å². The standard InChI is InChI=1S/C16H24N2O/c19-13-6-3-5-12(11-13)18-16-8-2-1-7-14(16)15-9-4-10-17-15/h3,5-6,11,14-19H,1-2,4,7-10H2. The van der Waals surface area contributed by atoms with E-state index in [9.17, 15) is 5.11 Å². The minimum atomic E-state index is 0.344. The molecule has 2 fully saturated rings. The lowest BCUT2D eigenvalue weighted by Gasteiger charge is -2.36. The number of benzene rings is 1. The number of nitrogens with one attached hydrogen (secondary N) is 2. The van der Waals surface area contributed by atoms with Gasteiger partial charge in [-0.15, -0.1) is 0 Å². The molecule has 0 bridgehead atoms. The van der Waals surface area contributed by atoms with Gasteiger partial charge in [0.05, 0.1) is 0 Å². The first kappa shape index (κ1) is 12.8. The Morgan fingerprint density at radius 2 is 2.00 bits per heavy atom. The van der Waals surface area contributed by atoms with Crippen LogP contribution in [0, 0.1) is 5.92 Å². The third-order valence-corrected chi connectivity index (χ3v) is 4.63. The molecule has 0 radical (unpaired) electrons. The Kier molecular flexibility index (Phi) is 3.92. The van der Waals surface area contributed by atoms with E-state index in [1.807, 2.05) is 18.2 Å². The highest BCUT2D eigenvalue weighted by Crippen LogP contribution is 2.33. The molecular formula is C16H24N2O. The second-order valence-corrected chi connectivity index (χ2v) is 5.95. The minimum Gasteiger partial charge on any atom is -0.508 e. The minimum absolute atomic E-state index is 0.344. The molecule has 3 nitrogen and oxygen atoms in total. The van der Waals surface area contributed by atoms with Crippen LogP contribution < -0.4 is 10.6 Å². The van der Waals surface area contributed by atoms with Gasteiger partial charge in [0.25, 0.3) is 0 Å². The molecule has 3 heteroatoms. The third kappa shape index (κ3) is 3.03. The van der Waals surface area contributed by atoms with Crippen LogP contribution in [0.25, 0.3) is 0 Å². The predicted octanol–water partition coefficient (Wildman–Crippen LogP) is 3.11. The maximum absolute atomic E-state index is 9.57. The Morgan fingerprint density at radius 1 is 1.11 bits per heavy atom. The van der Waals surface area contributed by atoms with E-state index in [2.05, 4.69) is 10.6 Å². The van der Waals surface area contributed by atoms with Crippen molar-refractivity contribution in [2.24, 2.45) is 5.92 Å². The molecule has 3 atom stereocenters. The molecule has 0 spiro atoms. The molecule has 1 aromatic carbocycles. The molecule has 0 amide bonds. The van der Waals surface area contributed by atoms with Crippen LogP contribution in [0.15, 0.2) is 24.3 Å². The quantitative estimate of drug-likeness (QED) is 0.782. The number of phenols is 1. The fourth-order valence-electron chi connectivity index (χ4n) is 3.71. The zero-order chi connectivity index (χ0) is 13.1. The first-order chi connectivity index (χ1) is 9.33. The topological polar surface area (TPSA) is 44.3 Å². The molecule has 104 valence electrons. The summed E-state index contributed by atoms with van der Waals surface area (Å²) in [5.41, 5.74) is 1.05. The zero-order valence-corrected chi connectivity index (χ0v) is 11.4. The lowest BCUT2D eigenvalue weighted by atomic mass is 9.79. The van der Waals surface area contributed by atoms with Crippen molar-refractivity contribution in [2.45, 2.75) is 50.6 Å². The summed E-state index contributed by atoms with van der Waals surface area (Å²) in [6.07, 6.45) is 7.90. The van der Waals surface area contributed by atoms with E-state index in [0.717, 1.165) is 11.6 Å². The van der Waals surface area contributed by atoms with Crippen LogP contribution in [0.1, 0.15) is 38.5 Å². The van der Waals surface area contributed by atoms with Crippen LogP contribution in [-0.2, 0) is 0 Å². The highest BCUT2D eigenvalue weighted by molar-refractivity contribution is 5.48. The predicted molar refractivity (Wildman–Crippen MR) is 78.5 cm³/mol. The van der Waals surface area contributed by atoms with E-state index in [1.165, 1.54) is 45.1 Å². The summed E-state index contributed by atoms with van der Waals surface area (Å²) in [7, 11) is 0. The monoisotopic (exact) mass is 260 g/mol. The molecule has 1 heterocycles. The number of phenolic OH excluding ortho intramolecular Hbond substituents is 1. The lowest BCUT2D eigenvalue weighted by Crippen LogP contribution is -2.43. The summed E-state index contributed by atoms with van der Waals surface area (Å²) in [5.74, 6) is 1.08. The Balaban J connectivity index is 1.69. The lowest BCUT2D eigenvalue weighted by molar-refractivity contribution is 0.262. The molecule has 1 aliphatic carbocycles. The summed E-state index contributed by atoms with van der Waals surface area (Å²) in [6, 6.07) is 8.74. The van der Waals surface area contributed by atoms with E-state index in [0.29, 0.717) is 17.8 Å². The molecule has 3 unspecified atom stereocenters. The number of anilines is 1. The average Bonchev–Trinajstić information content (AvgIpc) is 2.93.